The Morgan fingerprint density at radius 3 is 2.27 bits per heavy atom. The topological polar surface area (TPSA) is 44.5 Å². The number of hydrogen-bond acceptors (Lipinski definition) is 3. The smallest absolute Gasteiger partial charge is 0.160 e. The first kappa shape index (κ1) is 16.9. The summed E-state index contributed by atoms with van der Waals surface area (Å²) >= 11 is 12.1. The highest BCUT2D eigenvalue weighted by molar-refractivity contribution is 6.42. The van der Waals surface area contributed by atoms with Crippen LogP contribution in [0.15, 0.2) is 36.4 Å². The molecule has 0 aliphatic rings. The lowest BCUT2D eigenvalue weighted by Gasteiger charge is -2.17. The van der Waals surface area contributed by atoms with E-state index in [-0.39, 0.29) is 5.92 Å². The second-order valence-electron chi connectivity index (χ2n) is 5.00. The van der Waals surface area contributed by atoms with Crippen LogP contribution >= 0.6 is 23.2 Å². The van der Waals surface area contributed by atoms with E-state index in [0.717, 1.165) is 17.5 Å². The zero-order chi connectivity index (χ0) is 16.1. The van der Waals surface area contributed by atoms with E-state index in [1.165, 1.54) is 0 Å². The van der Waals surface area contributed by atoms with Crippen molar-refractivity contribution in [2.75, 3.05) is 20.8 Å². The standard InChI is InChI=1S/C17H19Cl2NO2/c1-21-16-6-3-11(8-17(16)22-2)7-13(10-20)12-4-5-14(18)15(19)9-12/h3-6,8-9,13H,7,10,20H2,1-2H3. The van der Waals surface area contributed by atoms with E-state index in [9.17, 15) is 0 Å². The maximum Gasteiger partial charge on any atom is 0.160 e. The van der Waals surface area contributed by atoms with Crippen LogP contribution in [-0.2, 0) is 6.42 Å². The summed E-state index contributed by atoms with van der Waals surface area (Å²) in [5.74, 6) is 1.59. The largest absolute Gasteiger partial charge is 0.493 e. The highest BCUT2D eigenvalue weighted by atomic mass is 35.5. The van der Waals surface area contributed by atoms with Gasteiger partial charge in [-0.05, 0) is 48.4 Å². The minimum absolute atomic E-state index is 0.160. The van der Waals surface area contributed by atoms with Crippen LogP contribution in [-0.4, -0.2) is 20.8 Å². The van der Waals surface area contributed by atoms with Crippen molar-refractivity contribution in [2.45, 2.75) is 12.3 Å². The SMILES string of the molecule is COc1ccc(CC(CN)c2ccc(Cl)c(Cl)c2)cc1OC. The number of rotatable bonds is 6. The van der Waals surface area contributed by atoms with Crippen LogP contribution in [0.4, 0.5) is 0 Å². The van der Waals surface area contributed by atoms with Gasteiger partial charge in [0.05, 0.1) is 24.3 Å². The van der Waals surface area contributed by atoms with Gasteiger partial charge >= 0.3 is 0 Å². The molecule has 0 aromatic heterocycles. The Hall–Kier alpha value is -1.42. The molecule has 0 spiro atoms. The van der Waals surface area contributed by atoms with Gasteiger partial charge in [0, 0.05) is 5.92 Å². The van der Waals surface area contributed by atoms with Crippen LogP contribution in [0.25, 0.3) is 0 Å². The van der Waals surface area contributed by atoms with Crippen molar-refractivity contribution in [2.24, 2.45) is 5.73 Å². The maximum absolute atomic E-state index is 6.10. The molecular weight excluding hydrogens is 321 g/mol. The highest BCUT2D eigenvalue weighted by Crippen LogP contribution is 2.31. The molecule has 0 aliphatic heterocycles. The van der Waals surface area contributed by atoms with Crippen LogP contribution in [0.5, 0.6) is 11.5 Å². The van der Waals surface area contributed by atoms with Crippen molar-refractivity contribution in [3.8, 4) is 11.5 Å². The molecule has 0 heterocycles. The molecule has 2 aromatic carbocycles. The number of methoxy groups -OCH3 is 2. The monoisotopic (exact) mass is 339 g/mol. The molecule has 1 unspecified atom stereocenters. The zero-order valence-electron chi connectivity index (χ0n) is 12.6. The van der Waals surface area contributed by atoms with Crippen molar-refractivity contribution in [1.29, 1.82) is 0 Å². The fraction of sp³-hybridized carbons (Fsp3) is 0.294. The Kier molecular flexibility index (Phi) is 5.95. The van der Waals surface area contributed by atoms with Crippen molar-refractivity contribution in [1.82, 2.24) is 0 Å². The van der Waals surface area contributed by atoms with Gasteiger partial charge in [0.1, 0.15) is 0 Å². The molecule has 0 amide bonds. The second-order valence-corrected chi connectivity index (χ2v) is 5.81. The molecule has 2 aromatic rings. The third kappa shape index (κ3) is 3.86. The predicted molar refractivity (Wildman–Crippen MR) is 91.5 cm³/mol. The molecule has 0 saturated heterocycles. The van der Waals surface area contributed by atoms with Crippen molar-refractivity contribution in [3.63, 3.8) is 0 Å². The van der Waals surface area contributed by atoms with Crippen LogP contribution < -0.4 is 15.2 Å². The number of benzene rings is 2. The molecular formula is C17H19Cl2NO2. The summed E-state index contributed by atoms with van der Waals surface area (Å²) in [5.41, 5.74) is 8.14. The quantitative estimate of drug-likeness (QED) is 0.853. The van der Waals surface area contributed by atoms with E-state index in [4.69, 9.17) is 38.4 Å². The van der Waals surface area contributed by atoms with Gasteiger partial charge < -0.3 is 15.2 Å². The molecule has 0 radical (unpaired) electrons. The van der Waals surface area contributed by atoms with Gasteiger partial charge in [-0.1, -0.05) is 35.3 Å². The fourth-order valence-electron chi connectivity index (χ4n) is 2.40. The predicted octanol–water partition coefficient (Wildman–Crippen LogP) is 4.30. The summed E-state index contributed by atoms with van der Waals surface area (Å²) in [6.07, 6.45) is 0.787. The second kappa shape index (κ2) is 7.73. The van der Waals surface area contributed by atoms with Gasteiger partial charge in [0.25, 0.3) is 0 Å². The number of ether oxygens (including phenoxy) is 2. The van der Waals surface area contributed by atoms with Gasteiger partial charge in [0.15, 0.2) is 11.5 Å². The average Bonchev–Trinajstić information content (AvgIpc) is 2.55. The van der Waals surface area contributed by atoms with Gasteiger partial charge in [-0.25, -0.2) is 0 Å². The molecule has 0 aliphatic carbocycles. The van der Waals surface area contributed by atoms with Gasteiger partial charge in [-0.15, -0.1) is 0 Å². The highest BCUT2D eigenvalue weighted by Gasteiger charge is 2.14. The first-order valence-electron chi connectivity index (χ1n) is 6.95. The third-order valence-electron chi connectivity index (χ3n) is 3.63. The van der Waals surface area contributed by atoms with Crippen LogP contribution in [0, 0.1) is 0 Å². The van der Waals surface area contributed by atoms with Gasteiger partial charge in [-0.2, -0.15) is 0 Å². The Morgan fingerprint density at radius 1 is 0.955 bits per heavy atom. The number of halogens is 2. The minimum Gasteiger partial charge on any atom is -0.493 e. The van der Waals surface area contributed by atoms with Crippen molar-refractivity contribution in [3.05, 3.63) is 57.6 Å². The number of hydrogen-bond donors (Lipinski definition) is 1. The van der Waals surface area contributed by atoms with E-state index in [1.54, 1.807) is 20.3 Å². The molecule has 1 atom stereocenters. The van der Waals surface area contributed by atoms with Crippen LogP contribution in [0.1, 0.15) is 17.0 Å². The molecule has 3 nitrogen and oxygen atoms in total. The number of nitrogens with two attached hydrogens (primary N) is 1. The van der Waals surface area contributed by atoms with Crippen molar-refractivity contribution < 1.29 is 9.47 Å². The Bertz CT molecular complexity index is 647. The summed E-state index contributed by atoms with van der Waals surface area (Å²) in [6, 6.07) is 11.5. The normalized spacial score (nSPS) is 12.0. The van der Waals surface area contributed by atoms with Gasteiger partial charge in [-0.3, -0.25) is 0 Å². The van der Waals surface area contributed by atoms with Crippen LogP contribution in [0.3, 0.4) is 0 Å². The summed E-state index contributed by atoms with van der Waals surface area (Å²) in [4.78, 5) is 0. The van der Waals surface area contributed by atoms with E-state index in [2.05, 4.69) is 0 Å². The maximum atomic E-state index is 6.10. The summed E-state index contributed by atoms with van der Waals surface area (Å²) < 4.78 is 10.6. The molecule has 2 rings (SSSR count). The Balaban J connectivity index is 2.24. The Morgan fingerprint density at radius 2 is 1.68 bits per heavy atom. The lowest BCUT2D eigenvalue weighted by Crippen LogP contribution is -2.15. The Labute approximate surface area is 140 Å². The lowest BCUT2D eigenvalue weighted by molar-refractivity contribution is 0.354. The minimum atomic E-state index is 0.160. The van der Waals surface area contributed by atoms with E-state index < -0.39 is 0 Å². The summed E-state index contributed by atoms with van der Waals surface area (Å²) in [7, 11) is 3.25. The lowest BCUT2D eigenvalue weighted by atomic mass is 9.92. The molecule has 2 N–H and O–H groups in total. The van der Waals surface area contributed by atoms with E-state index in [0.29, 0.717) is 28.1 Å². The van der Waals surface area contributed by atoms with Gasteiger partial charge in [0.2, 0.25) is 0 Å². The zero-order valence-corrected chi connectivity index (χ0v) is 14.1. The van der Waals surface area contributed by atoms with E-state index in [1.807, 2.05) is 30.3 Å². The molecule has 118 valence electrons. The molecule has 5 heteroatoms. The van der Waals surface area contributed by atoms with Crippen molar-refractivity contribution >= 4 is 23.2 Å². The molecule has 22 heavy (non-hydrogen) atoms. The molecule has 0 fully saturated rings. The third-order valence-corrected chi connectivity index (χ3v) is 4.37. The molecule has 0 bridgehead atoms. The summed E-state index contributed by atoms with van der Waals surface area (Å²) in [6.45, 7) is 0.520. The molecule has 0 saturated carbocycles. The average molecular weight is 340 g/mol. The van der Waals surface area contributed by atoms with Crippen LogP contribution in [0.2, 0.25) is 10.0 Å². The fourth-order valence-corrected chi connectivity index (χ4v) is 2.70. The first-order chi connectivity index (χ1) is 10.6. The first-order valence-corrected chi connectivity index (χ1v) is 7.70. The van der Waals surface area contributed by atoms with E-state index >= 15 is 0 Å². The summed E-state index contributed by atoms with van der Waals surface area (Å²) in [5, 5.41) is 1.09.